The molecule has 1 atom stereocenters. The van der Waals surface area contributed by atoms with Gasteiger partial charge >= 0.3 is 0 Å². The van der Waals surface area contributed by atoms with Gasteiger partial charge in [0.2, 0.25) is 17.8 Å². The Morgan fingerprint density at radius 3 is 2.75 bits per heavy atom. The van der Waals surface area contributed by atoms with Gasteiger partial charge in [0, 0.05) is 43.8 Å². The van der Waals surface area contributed by atoms with E-state index >= 15 is 0 Å². The Hall–Kier alpha value is -2.70. The minimum absolute atomic E-state index is 0.0327. The van der Waals surface area contributed by atoms with E-state index < -0.39 is 0 Å². The zero-order valence-electron chi connectivity index (χ0n) is 13.8. The number of aromatic nitrogens is 3. The molecule has 24 heavy (non-hydrogen) atoms. The Bertz CT molecular complexity index is 726. The van der Waals surface area contributed by atoms with Crippen molar-refractivity contribution in [2.75, 3.05) is 11.9 Å². The van der Waals surface area contributed by atoms with Crippen LogP contribution >= 0.6 is 0 Å². The van der Waals surface area contributed by atoms with E-state index in [2.05, 4.69) is 15.3 Å². The lowest BCUT2D eigenvalue weighted by molar-refractivity contribution is -0.129. The predicted molar refractivity (Wildman–Crippen MR) is 89.2 cm³/mol. The summed E-state index contributed by atoms with van der Waals surface area (Å²) < 4.78 is 1.87. The van der Waals surface area contributed by atoms with Gasteiger partial charge in [-0.05, 0) is 31.5 Å². The third kappa shape index (κ3) is 3.45. The molecule has 3 rings (SSSR count). The molecule has 7 nitrogen and oxygen atoms in total. The summed E-state index contributed by atoms with van der Waals surface area (Å²) in [5, 5.41) is 2.85. The van der Waals surface area contributed by atoms with Gasteiger partial charge in [0.05, 0.1) is 12.5 Å². The highest BCUT2D eigenvalue weighted by molar-refractivity contribution is 5.96. The SMILES string of the molecule is CC(C)N1CC(C(=O)Nc2nccn2Cc2ccncc2)CC1=O. The Balaban J connectivity index is 1.66. The molecule has 1 saturated heterocycles. The van der Waals surface area contributed by atoms with Crippen molar-refractivity contribution >= 4 is 17.8 Å². The fourth-order valence-corrected chi connectivity index (χ4v) is 2.86. The zero-order chi connectivity index (χ0) is 17.1. The molecule has 0 spiro atoms. The first-order chi connectivity index (χ1) is 11.5. The number of likely N-dealkylation sites (tertiary alicyclic amines) is 1. The Morgan fingerprint density at radius 2 is 2.08 bits per heavy atom. The van der Waals surface area contributed by atoms with E-state index in [1.165, 1.54) is 0 Å². The highest BCUT2D eigenvalue weighted by atomic mass is 16.2. The molecule has 1 aliphatic heterocycles. The molecular formula is C17H21N5O2. The molecule has 0 bridgehead atoms. The Kier molecular flexibility index (Phi) is 4.59. The monoisotopic (exact) mass is 327 g/mol. The minimum atomic E-state index is -0.328. The molecule has 126 valence electrons. The second-order valence-corrected chi connectivity index (χ2v) is 6.26. The Morgan fingerprint density at radius 1 is 1.33 bits per heavy atom. The number of carbonyl (C=O) groups is 2. The lowest BCUT2D eigenvalue weighted by Crippen LogP contribution is -2.33. The lowest BCUT2D eigenvalue weighted by atomic mass is 10.1. The van der Waals surface area contributed by atoms with Gasteiger partial charge in [0.15, 0.2) is 0 Å². The molecular weight excluding hydrogens is 306 g/mol. The number of hydrogen-bond donors (Lipinski definition) is 1. The average Bonchev–Trinajstić information content (AvgIpc) is 3.15. The standard InChI is InChI=1S/C17H21N5O2/c1-12(2)22-11-14(9-15(22)23)16(24)20-17-19-7-8-21(17)10-13-3-5-18-6-4-13/h3-8,12,14H,9-11H2,1-2H3,(H,19,20,24). The number of rotatable bonds is 5. The first kappa shape index (κ1) is 16.2. The summed E-state index contributed by atoms with van der Waals surface area (Å²) in [6.07, 6.45) is 7.19. The molecule has 0 saturated carbocycles. The van der Waals surface area contributed by atoms with Crippen molar-refractivity contribution in [3.05, 3.63) is 42.5 Å². The van der Waals surface area contributed by atoms with Crippen molar-refractivity contribution in [1.29, 1.82) is 0 Å². The van der Waals surface area contributed by atoms with E-state index in [1.54, 1.807) is 23.5 Å². The molecule has 3 heterocycles. The molecule has 7 heteroatoms. The van der Waals surface area contributed by atoms with E-state index in [-0.39, 0.29) is 30.2 Å². The number of carbonyl (C=O) groups excluding carboxylic acids is 2. The molecule has 2 aromatic heterocycles. The van der Waals surface area contributed by atoms with Crippen LogP contribution in [0.4, 0.5) is 5.95 Å². The van der Waals surface area contributed by atoms with E-state index in [9.17, 15) is 9.59 Å². The van der Waals surface area contributed by atoms with E-state index in [4.69, 9.17) is 0 Å². The van der Waals surface area contributed by atoms with Crippen LogP contribution in [0.15, 0.2) is 36.9 Å². The van der Waals surface area contributed by atoms with Crippen LogP contribution in [0, 0.1) is 5.92 Å². The smallest absolute Gasteiger partial charge is 0.232 e. The van der Waals surface area contributed by atoms with Crippen molar-refractivity contribution in [2.24, 2.45) is 5.92 Å². The molecule has 1 unspecified atom stereocenters. The molecule has 0 aliphatic carbocycles. The second-order valence-electron chi connectivity index (χ2n) is 6.26. The van der Waals surface area contributed by atoms with E-state index in [0.29, 0.717) is 19.0 Å². The van der Waals surface area contributed by atoms with Gasteiger partial charge in [-0.3, -0.25) is 19.9 Å². The number of nitrogens with zero attached hydrogens (tertiary/aromatic N) is 4. The maximum Gasteiger partial charge on any atom is 0.232 e. The van der Waals surface area contributed by atoms with Crippen molar-refractivity contribution in [1.82, 2.24) is 19.4 Å². The van der Waals surface area contributed by atoms with Crippen LogP contribution in [0.5, 0.6) is 0 Å². The summed E-state index contributed by atoms with van der Waals surface area (Å²) in [5.74, 6) is 0.0391. The van der Waals surface area contributed by atoms with Crippen LogP contribution in [-0.2, 0) is 16.1 Å². The number of pyridine rings is 1. The second kappa shape index (κ2) is 6.82. The van der Waals surface area contributed by atoms with Crippen LogP contribution in [0.3, 0.4) is 0 Å². The molecule has 1 fully saturated rings. The van der Waals surface area contributed by atoms with Gasteiger partial charge < -0.3 is 9.47 Å². The largest absolute Gasteiger partial charge is 0.339 e. The third-order valence-electron chi connectivity index (χ3n) is 4.21. The highest BCUT2D eigenvalue weighted by Gasteiger charge is 2.35. The number of hydrogen-bond acceptors (Lipinski definition) is 4. The normalized spacial score (nSPS) is 17.5. The van der Waals surface area contributed by atoms with Gasteiger partial charge in [-0.25, -0.2) is 4.98 Å². The lowest BCUT2D eigenvalue weighted by Gasteiger charge is -2.20. The van der Waals surface area contributed by atoms with E-state index in [1.807, 2.05) is 36.7 Å². The minimum Gasteiger partial charge on any atom is -0.339 e. The molecule has 1 N–H and O–H groups in total. The fourth-order valence-electron chi connectivity index (χ4n) is 2.86. The summed E-state index contributed by atoms with van der Waals surface area (Å²) in [5.41, 5.74) is 1.07. The van der Waals surface area contributed by atoms with Crippen molar-refractivity contribution in [2.45, 2.75) is 32.9 Å². The van der Waals surface area contributed by atoms with Gasteiger partial charge in [-0.15, -0.1) is 0 Å². The summed E-state index contributed by atoms with van der Waals surface area (Å²) in [7, 11) is 0. The van der Waals surface area contributed by atoms with Crippen molar-refractivity contribution < 1.29 is 9.59 Å². The topological polar surface area (TPSA) is 80.1 Å². The van der Waals surface area contributed by atoms with Crippen LogP contribution in [0.25, 0.3) is 0 Å². The van der Waals surface area contributed by atoms with Crippen molar-refractivity contribution in [3.8, 4) is 0 Å². The third-order valence-corrected chi connectivity index (χ3v) is 4.21. The van der Waals surface area contributed by atoms with Gasteiger partial charge in [-0.1, -0.05) is 0 Å². The number of nitrogens with one attached hydrogen (secondary N) is 1. The predicted octanol–water partition coefficient (Wildman–Crippen LogP) is 1.52. The van der Waals surface area contributed by atoms with Gasteiger partial charge in [-0.2, -0.15) is 0 Å². The Labute approximate surface area is 140 Å². The molecule has 0 aromatic carbocycles. The molecule has 2 amide bonds. The first-order valence-corrected chi connectivity index (χ1v) is 8.05. The zero-order valence-corrected chi connectivity index (χ0v) is 13.8. The maximum absolute atomic E-state index is 12.5. The molecule has 2 aromatic rings. The van der Waals surface area contributed by atoms with Gasteiger partial charge in [0.25, 0.3) is 0 Å². The summed E-state index contributed by atoms with van der Waals surface area (Å²) in [6, 6.07) is 3.95. The van der Waals surface area contributed by atoms with Crippen molar-refractivity contribution in [3.63, 3.8) is 0 Å². The summed E-state index contributed by atoms with van der Waals surface area (Å²) >= 11 is 0. The number of imidazole rings is 1. The van der Waals surface area contributed by atoms with Gasteiger partial charge in [0.1, 0.15) is 0 Å². The summed E-state index contributed by atoms with van der Waals surface area (Å²) in [4.78, 5) is 34.4. The maximum atomic E-state index is 12.5. The summed E-state index contributed by atoms with van der Waals surface area (Å²) in [6.45, 7) is 4.98. The van der Waals surface area contributed by atoms with Crippen LogP contribution < -0.4 is 5.32 Å². The van der Waals surface area contributed by atoms with Crippen LogP contribution in [-0.4, -0.2) is 43.8 Å². The molecule has 0 radical (unpaired) electrons. The fraction of sp³-hybridized carbons (Fsp3) is 0.412. The highest BCUT2D eigenvalue weighted by Crippen LogP contribution is 2.21. The average molecular weight is 327 g/mol. The number of anilines is 1. The van der Waals surface area contributed by atoms with Crippen LogP contribution in [0.2, 0.25) is 0 Å². The van der Waals surface area contributed by atoms with E-state index in [0.717, 1.165) is 5.56 Å². The first-order valence-electron chi connectivity index (χ1n) is 8.05. The van der Waals surface area contributed by atoms with Crippen LogP contribution in [0.1, 0.15) is 25.8 Å². The molecule has 1 aliphatic rings. The quantitative estimate of drug-likeness (QED) is 0.903. The number of amides is 2.